The van der Waals surface area contributed by atoms with Crippen molar-refractivity contribution in [3.8, 4) is 33.8 Å². The lowest BCUT2D eigenvalue weighted by atomic mass is 10.1. The van der Waals surface area contributed by atoms with E-state index in [1.54, 1.807) is 52.9 Å². The molecule has 30 nitrogen and oxygen atoms in total. The Labute approximate surface area is 653 Å². The zero-order chi connectivity index (χ0) is 78.7. The first kappa shape index (κ1) is 75.2. The molecule has 15 aromatic rings. The molecular weight excluding hydrogens is 1450 g/mol. The van der Waals surface area contributed by atoms with Gasteiger partial charge in [0, 0.05) is 111 Å². The number of esters is 3. The third-order valence-corrected chi connectivity index (χ3v) is 20.6. The summed E-state index contributed by atoms with van der Waals surface area (Å²) < 4.78 is 42.9. The van der Waals surface area contributed by atoms with Crippen molar-refractivity contribution in [2.45, 2.75) is 76.8 Å². The lowest BCUT2D eigenvalue weighted by molar-refractivity contribution is 0.0507. The smallest absolute Gasteiger partial charge is 0.358 e. The van der Waals surface area contributed by atoms with Crippen molar-refractivity contribution < 1.29 is 58.1 Å². The van der Waals surface area contributed by atoms with Gasteiger partial charge >= 0.3 is 17.9 Å². The van der Waals surface area contributed by atoms with E-state index in [1.807, 2.05) is 163 Å². The van der Waals surface area contributed by atoms with E-state index in [9.17, 15) is 29.7 Å². The molecule has 3 aromatic carbocycles. The summed E-state index contributed by atoms with van der Waals surface area (Å²) in [5, 5.41) is 48.8. The van der Waals surface area contributed by atoms with Crippen LogP contribution in [0.15, 0.2) is 201 Å². The van der Waals surface area contributed by atoms with E-state index in [4.69, 9.17) is 43.7 Å². The normalized spacial score (nSPS) is 17.3. The van der Waals surface area contributed by atoms with Crippen LogP contribution in [0, 0.1) is 0 Å². The van der Waals surface area contributed by atoms with Gasteiger partial charge in [-0.2, -0.15) is 15.3 Å². The maximum absolute atomic E-state index is 12.8. The van der Waals surface area contributed by atoms with Crippen LogP contribution >= 0.6 is 0 Å². The molecule has 0 saturated carbocycles. The molecule has 3 aliphatic heterocycles. The van der Waals surface area contributed by atoms with Crippen molar-refractivity contribution >= 4 is 85.0 Å². The predicted molar refractivity (Wildman–Crippen MR) is 426 cm³/mol. The number of carbonyl (C=O) groups excluding carboxylic acids is 3. The summed E-state index contributed by atoms with van der Waals surface area (Å²) in [6, 6.07) is 47.2. The van der Waals surface area contributed by atoms with Gasteiger partial charge in [0.15, 0.2) is 34.0 Å². The molecule has 582 valence electrons. The number of rotatable bonds is 21. The topological polar surface area (TPSA) is 321 Å². The van der Waals surface area contributed by atoms with Crippen LogP contribution in [0.5, 0.6) is 0 Å². The SMILES string of the molecule is CCOC(=O)c1cnc2c(N(C)Cc3ccccc3)cc(-c3cn(C4COCC4O)c4ncccc34)nn12.CCOC(=O)c1cnc2c(N(C)Cc3ccccc3)cc(-c3cn([C@@H]4COC[C@H]4O)c4ncccc34)nn12.CCOC(=O)c1cnc2c(N(C)Cc3ccccc3)cc(-c3cn([C@H]4COC[C@@H]4O)c4ncccc34)nn12. The highest BCUT2D eigenvalue weighted by Crippen LogP contribution is 2.40. The molecule has 0 spiro atoms. The number of imidazole rings is 3. The molecule has 114 heavy (non-hydrogen) atoms. The Morgan fingerprint density at radius 1 is 0.386 bits per heavy atom. The van der Waals surface area contributed by atoms with E-state index in [0.717, 1.165) is 83.5 Å². The first-order valence-electron chi connectivity index (χ1n) is 37.7. The van der Waals surface area contributed by atoms with E-state index >= 15 is 0 Å². The summed E-state index contributed by atoms with van der Waals surface area (Å²) in [6.07, 6.45) is 13.7. The van der Waals surface area contributed by atoms with Gasteiger partial charge in [-0.15, -0.1) is 0 Å². The zero-order valence-corrected chi connectivity index (χ0v) is 63.6. The largest absolute Gasteiger partial charge is 0.461 e. The number of aliphatic hydroxyl groups excluding tert-OH is 3. The average molecular weight is 1540 g/mol. The van der Waals surface area contributed by atoms with Gasteiger partial charge in [-0.05, 0) is 92.1 Å². The fraction of sp³-hybridized carbons (Fsp3) is 0.286. The summed E-state index contributed by atoms with van der Waals surface area (Å²) >= 11 is 0. The minimum absolute atomic E-state index is 0.247. The number of nitrogens with zero attached hydrogens (tertiary/aromatic N) is 18. The molecule has 3 N–H and O–H groups in total. The first-order chi connectivity index (χ1) is 55.6. The zero-order valence-electron chi connectivity index (χ0n) is 63.6. The molecule has 3 fully saturated rings. The molecule has 12 aromatic heterocycles. The summed E-state index contributed by atoms with van der Waals surface area (Å²) in [5.41, 5.74) is 14.8. The molecule has 0 radical (unpaired) electrons. The quantitative estimate of drug-likeness (QED) is 0.0444. The van der Waals surface area contributed by atoms with Crippen LogP contribution in [-0.4, -0.2) is 205 Å². The van der Waals surface area contributed by atoms with Gasteiger partial charge in [0.2, 0.25) is 0 Å². The number of fused-ring (bicyclic) bond motifs is 6. The number of pyridine rings is 3. The minimum Gasteiger partial charge on any atom is -0.461 e. The summed E-state index contributed by atoms with van der Waals surface area (Å²) in [5.74, 6) is -1.47. The van der Waals surface area contributed by atoms with Crippen LogP contribution in [0.4, 0.5) is 17.1 Å². The fourth-order valence-corrected chi connectivity index (χ4v) is 15.0. The molecular formula is C84H84N18O12. The monoisotopic (exact) mass is 1540 g/mol. The van der Waals surface area contributed by atoms with Crippen LogP contribution in [0.1, 0.15) is 87.1 Å². The number of hydrogen-bond acceptors (Lipinski definition) is 24. The molecule has 18 rings (SSSR count). The van der Waals surface area contributed by atoms with Gasteiger partial charge in [-0.1, -0.05) is 91.0 Å². The van der Waals surface area contributed by atoms with Crippen molar-refractivity contribution in [3.05, 3.63) is 235 Å². The number of hydrogen-bond donors (Lipinski definition) is 3. The lowest BCUT2D eigenvalue weighted by Gasteiger charge is -2.21. The molecule has 0 amide bonds. The molecule has 6 atom stereocenters. The number of anilines is 3. The van der Waals surface area contributed by atoms with E-state index in [0.29, 0.717) is 73.5 Å². The molecule has 0 bridgehead atoms. The molecule has 2 unspecified atom stereocenters. The van der Waals surface area contributed by atoms with Gasteiger partial charge in [-0.3, -0.25) is 0 Å². The highest BCUT2D eigenvalue weighted by molar-refractivity contribution is 5.98. The number of aromatic nitrogens is 15. The van der Waals surface area contributed by atoms with E-state index in [-0.39, 0.29) is 74.8 Å². The van der Waals surface area contributed by atoms with Crippen molar-refractivity contribution in [2.75, 3.05) is 95.3 Å². The highest BCUT2D eigenvalue weighted by Gasteiger charge is 2.35. The molecule has 3 aliphatic rings. The van der Waals surface area contributed by atoms with Crippen LogP contribution in [-0.2, 0) is 48.1 Å². The minimum atomic E-state index is -0.632. The Morgan fingerprint density at radius 2 is 0.667 bits per heavy atom. The van der Waals surface area contributed by atoms with Crippen LogP contribution < -0.4 is 14.7 Å². The third kappa shape index (κ3) is 14.8. The second-order valence-corrected chi connectivity index (χ2v) is 28.1. The van der Waals surface area contributed by atoms with Crippen LogP contribution in [0.3, 0.4) is 0 Å². The third-order valence-electron chi connectivity index (χ3n) is 20.6. The standard InChI is InChI=1S/3C28H28N6O4/c3*1-3-38-28(36)23-13-30-27-22(32(2)14-18-8-5-4-6-9-18)12-21(31-34(23)27)20-15-33(24-16-37-17-25(24)35)26-19(20)10-7-11-29-26/h3*4-13,15,24-25,35H,3,14,16-17H2,1-2H3/t2*24-,25-;/m10./s1. The average Bonchev–Trinajstić information content (AvgIpc) is 1.59. The second kappa shape index (κ2) is 32.8. The van der Waals surface area contributed by atoms with E-state index in [2.05, 4.69) is 81.0 Å². The Hall–Kier alpha value is -12.8. The van der Waals surface area contributed by atoms with Crippen LogP contribution in [0.2, 0.25) is 0 Å². The fourth-order valence-electron chi connectivity index (χ4n) is 15.0. The van der Waals surface area contributed by atoms with Crippen LogP contribution in [0.25, 0.3) is 83.8 Å². The molecule has 30 heteroatoms. The molecule has 0 aliphatic carbocycles. The Morgan fingerprint density at radius 3 is 0.921 bits per heavy atom. The Balaban J connectivity index is 0.000000129. The number of benzene rings is 3. The van der Waals surface area contributed by atoms with Crippen molar-refractivity contribution in [1.29, 1.82) is 0 Å². The number of ether oxygens (including phenoxy) is 6. The van der Waals surface area contributed by atoms with Gasteiger partial charge < -0.3 is 72.1 Å². The highest BCUT2D eigenvalue weighted by atomic mass is 16.5. The number of carbonyl (C=O) groups is 3. The van der Waals surface area contributed by atoms with E-state index in [1.165, 1.54) is 18.6 Å². The predicted octanol–water partition coefficient (Wildman–Crippen LogP) is 10.5. The van der Waals surface area contributed by atoms with Gasteiger partial charge in [-0.25, -0.2) is 57.8 Å². The van der Waals surface area contributed by atoms with Crippen molar-refractivity contribution in [1.82, 2.24) is 72.4 Å². The summed E-state index contributed by atoms with van der Waals surface area (Å²) in [7, 11) is 5.96. The summed E-state index contributed by atoms with van der Waals surface area (Å²) in [4.78, 5) is 72.1. The van der Waals surface area contributed by atoms with E-state index < -0.39 is 36.2 Å². The van der Waals surface area contributed by atoms with Gasteiger partial charge in [0.1, 0.15) is 35.3 Å². The Kier molecular flexibility index (Phi) is 21.7. The molecule has 3 saturated heterocycles. The molecule has 15 heterocycles. The summed E-state index contributed by atoms with van der Waals surface area (Å²) in [6.45, 7) is 9.98. The second-order valence-electron chi connectivity index (χ2n) is 28.1. The maximum Gasteiger partial charge on any atom is 0.358 e. The Bertz CT molecular complexity index is 5410. The van der Waals surface area contributed by atoms with Crippen molar-refractivity contribution in [3.63, 3.8) is 0 Å². The van der Waals surface area contributed by atoms with Gasteiger partial charge in [0.25, 0.3) is 0 Å². The maximum atomic E-state index is 12.8. The lowest BCUT2D eigenvalue weighted by Crippen LogP contribution is -2.21. The van der Waals surface area contributed by atoms with Crippen molar-refractivity contribution in [2.24, 2.45) is 0 Å². The van der Waals surface area contributed by atoms with Gasteiger partial charge in [0.05, 0.1) is 130 Å². The first-order valence-corrected chi connectivity index (χ1v) is 37.7. The number of aliphatic hydroxyl groups is 3.